The zero-order chi connectivity index (χ0) is 12.1. The Morgan fingerprint density at radius 1 is 1.69 bits per heavy atom. The number of hydrogen-bond acceptors (Lipinski definition) is 2. The summed E-state index contributed by atoms with van der Waals surface area (Å²) in [7, 11) is 0. The van der Waals surface area contributed by atoms with Crippen LogP contribution in [0.15, 0.2) is 18.2 Å². The highest BCUT2D eigenvalue weighted by Crippen LogP contribution is 2.19. The molecule has 0 spiro atoms. The standard InChI is InChI=1S/C11H10FIN2O/c1-2-3-9(14)11(16)15-10-5-4-7(12)6-8(10)13/h1,4-6,9H,3,14H2,(H,15,16). The number of amides is 1. The Morgan fingerprint density at radius 3 is 2.94 bits per heavy atom. The van der Waals surface area contributed by atoms with E-state index in [4.69, 9.17) is 12.2 Å². The maximum atomic E-state index is 12.8. The van der Waals surface area contributed by atoms with Gasteiger partial charge in [0.1, 0.15) is 5.82 Å². The molecule has 1 aromatic carbocycles. The van der Waals surface area contributed by atoms with Crippen LogP contribution in [0.25, 0.3) is 0 Å². The molecule has 0 radical (unpaired) electrons. The highest BCUT2D eigenvalue weighted by atomic mass is 127. The lowest BCUT2D eigenvalue weighted by atomic mass is 10.2. The minimum Gasteiger partial charge on any atom is -0.324 e. The SMILES string of the molecule is C#CCC(N)C(=O)Nc1ccc(F)cc1I. The molecule has 1 rings (SSSR count). The minimum atomic E-state index is -0.745. The summed E-state index contributed by atoms with van der Waals surface area (Å²) in [6.07, 6.45) is 5.22. The zero-order valence-corrected chi connectivity index (χ0v) is 10.5. The van der Waals surface area contributed by atoms with Gasteiger partial charge in [0.15, 0.2) is 0 Å². The molecule has 84 valence electrons. The Balaban J connectivity index is 2.74. The summed E-state index contributed by atoms with van der Waals surface area (Å²) in [6.45, 7) is 0. The van der Waals surface area contributed by atoms with Crippen molar-refractivity contribution in [1.29, 1.82) is 0 Å². The van der Waals surface area contributed by atoms with E-state index < -0.39 is 6.04 Å². The largest absolute Gasteiger partial charge is 0.324 e. The van der Waals surface area contributed by atoms with Crippen LogP contribution in [0.3, 0.4) is 0 Å². The second-order valence-electron chi connectivity index (χ2n) is 3.13. The van der Waals surface area contributed by atoms with Crippen LogP contribution in [-0.4, -0.2) is 11.9 Å². The average molecular weight is 332 g/mol. The van der Waals surface area contributed by atoms with Crippen molar-refractivity contribution in [3.63, 3.8) is 0 Å². The summed E-state index contributed by atoms with van der Waals surface area (Å²) in [6, 6.07) is 3.33. The smallest absolute Gasteiger partial charge is 0.242 e. The van der Waals surface area contributed by atoms with Gasteiger partial charge in [-0.1, -0.05) is 0 Å². The Bertz CT molecular complexity index is 442. The van der Waals surface area contributed by atoms with Gasteiger partial charge >= 0.3 is 0 Å². The molecule has 0 saturated carbocycles. The first-order valence-corrected chi connectivity index (χ1v) is 5.57. The van der Waals surface area contributed by atoms with Gasteiger partial charge in [-0.05, 0) is 40.8 Å². The molecule has 0 fully saturated rings. The first kappa shape index (κ1) is 12.9. The topological polar surface area (TPSA) is 55.1 Å². The average Bonchev–Trinajstić information content (AvgIpc) is 2.22. The van der Waals surface area contributed by atoms with Crippen molar-refractivity contribution < 1.29 is 9.18 Å². The van der Waals surface area contributed by atoms with Gasteiger partial charge in [-0.25, -0.2) is 4.39 Å². The molecule has 3 N–H and O–H groups in total. The van der Waals surface area contributed by atoms with Crippen LogP contribution in [0.4, 0.5) is 10.1 Å². The highest BCUT2D eigenvalue weighted by Gasteiger charge is 2.13. The Morgan fingerprint density at radius 2 is 2.38 bits per heavy atom. The summed E-state index contributed by atoms with van der Waals surface area (Å²) < 4.78 is 13.4. The number of carbonyl (C=O) groups excluding carboxylic acids is 1. The fourth-order valence-corrected chi connectivity index (χ4v) is 1.65. The maximum absolute atomic E-state index is 12.8. The predicted molar refractivity (Wildman–Crippen MR) is 69.2 cm³/mol. The Hall–Kier alpha value is -1.13. The van der Waals surface area contributed by atoms with Gasteiger partial charge in [0.25, 0.3) is 0 Å². The fraction of sp³-hybridized carbons (Fsp3) is 0.182. The number of terminal acetylenes is 1. The summed E-state index contributed by atoms with van der Waals surface area (Å²) in [5, 5.41) is 2.59. The molecule has 1 aromatic rings. The van der Waals surface area contributed by atoms with Crippen LogP contribution in [0.5, 0.6) is 0 Å². The van der Waals surface area contributed by atoms with Gasteiger partial charge in [0.05, 0.1) is 11.7 Å². The van der Waals surface area contributed by atoms with E-state index in [0.29, 0.717) is 9.26 Å². The van der Waals surface area contributed by atoms with Crippen molar-refractivity contribution >= 4 is 34.2 Å². The number of hydrogen-bond donors (Lipinski definition) is 2. The molecule has 0 saturated heterocycles. The number of nitrogens with one attached hydrogen (secondary N) is 1. The molecule has 1 atom stereocenters. The molecule has 3 nitrogen and oxygen atoms in total. The second-order valence-corrected chi connectivity index (χ2v) is 4.29. The lowest BCUT2D eigenvalue weighted by molar-refractivity contribution is -0.117. The number of halogens is 2. The normalized spacial score (nSPS) is 11.6. The Kier molecular flexibility index (Phi) is 4.71. The van der Waals surface area contributed by atoms with Crippen molar-refractivity contribution in [2.24, 2.45) is 5.73 Å². The van der Waals surface area contributed by atoms with Crippen LogP contribution >= 0.6 is 22.6 Å². The van der Waals surface area contributed by atoms with E-state index in [1.54, 1.807) is 0 Å². The van der Waals surface area contributed by atoms with Crippen molar-refractivity contribution in [1.82, 2.24) is 0 Å². The minimum absolute atomic E-state index is 0.170. The summed E-state index contributed by atoms with van der Waals surface area (Å²) >= 11 is 1.93. The molecule has 5 heteroatoms. The van der Waals surface area contributed by atoms with E-state index in [-0.39, 0.29) is 18.1 Å². The van der Waals surface area contributed by atoms with E-state index in [9.17, 15) is 9.18 Å². The third-order valence-corrected chi connectivity index (χ3v) is 2.76. The number of benzene rings is 1. The van der Waals surface area contributed by atoms with Gasteiger partial charge in [0.2, 0.25) is 5.91 Å². The summed E-state index contributed by atoms with van der Waals surface area (Å²) in [5.41, 5.74) is 6.05. The van der Waals surface area contributed by atoms with Crippen LogP contribution in [-0.2, 0) is 4.79 Å². The molecular formula is C11H10FIN2O. The van der Waals surface area contributed by atoms with Crippen molar-refractivity contribution in [2.45, 2.75) is 12.5 Å². The van der Waals surface area contributed by atoms with Crippen LogP contribution in [0.1, 0.15) is 6.42 Å². The van der Waals surface area contributed by atoms with Gasteiger partial charge in [0, 0.05) is 9.99 Å². The Labute approximate surface area is 107 Å². The molecule has 0 aromatic heterocycles. The monoisotopic (exact) mass is 332 g/mol. The van der Waals surface area contributed by atoms with Gasteiger partial charge < -0.3 is 11.1 Å². The second kappa shape index (κ2) is 5.82. The highest BCUT2D eigenvalue weighted by molar-refractivity contribution is 14.1. The molecule has 1 unspecified atom stereocenters. The number of anilines is 1. The molecule has 0 aliphatic heterocycles. The third kappa shape index (κ3) is 3.47. The van der Waals surface area contributed by atoms with Crippen LogP contribution in [0, 0.1) is 21.7 Å². The predicted octanol–water partition coefficient (Wildman–Crippen LogP) is 1.72. The van der Waals surface area contributed by atoms with E-state index in [1.165, 1.54) is 18.2 Å². The zero-order valence-electron chi connectivity index (χ0n) is 8.34. The van der Waals surface area contributed by atoms with Gasteiger partial charge in [-0.15, -0.1) is 12.3 Å². The lowest BCUT2D eigenvalue weighted by Crippen LogP contribution is -2.35. The summed E-state index contributed by atoms with van der Waals surface area (Å²) in [5.74, 6) is 1.59. The lowest BCUT2D eigenvalue weighted by Gasteiger charge is -2.10. The fourth-order valence-electron chi connectivity index (χ4n) is 1.04. The molecular weight excluding hydrogens is 322 g/mol. The molecule has 1 amide bonds. The maximum Gasteiger partial charge on any atom is 0.242 e. The molecule has 0 aliphatic rings. The van der Waals surface area contributed by atoms with E-state index in [0.717, 1.165) is 0 Å². The molecule has 16 heavy (non-hydrogen) atoms. The summed E-state index contributed by atoms with van der Waals surface area (Å²) in [4.78, 5) is 11.5. The van der Waals surface area contributed by atoms with Gasteiger partial charge in [-0.2, -0.15) is 0 Å². The van der Waals surface area contributed by atoms with E-state index >= 15 is 0 Å². The van der Waals surface area contributed by atoms with Crippen molar-refractivity contribution in [3.05, 3.63) is 27.6 Å². The first-order chi connectivity index (χ1) is 7.54. The van der Waals surface area contributed by atoms with Crippen molar-refractivity contribution in [2.75, 3.05) is 5.32 Å². The van der Waals surface area contributed by atoms with E-state index in [1.807, 2.05) is 22.6 Å². The quantitative estimate of drug-likeness (QED) is 0.654. The third-order valence-electron chi connectivity index (χ3n) is 1.86. The molecule has 0 heterocycles. The number of carbonyl (C=O) groups is 1. The first-order valence-electron chi connectivity index (χ1n) is 4.49. The molecule has 0 bridgehead atoms. The van der Waals surface area contributed by atoms with Crippen molar-refractivity contribution in [3.8, 4) is 12.3 Å². The number of rotatable bonds is 3. The van der Waals surface area contributed by atoms with Crippen LogP contribution < -0.4 is 11.1 Å². The van der Waals surface area contributed by atoms with Crippen LogP contribution in [0.2, 0.25) is 0 Å². The number of nitrogens with two attached hydrogens (primary N) is 1. The van der Waals surface area contributed by atoms with Gasteiger partial charge in [-0.3, -0.25) is 4.79 Å². The molecule has 0 aliphatic carbocycles. The van der Waals surface area contributed by atoms with E-state index in [2.05, 4.69) is 11.2 Å².